The second-order valence-electron chi connectivity index (χ2n) is 18.2. The molecule has 66 heavy (non-hydrogen) atoms. The van der Waals surface area contributed by atoms with Gasteiger partial charge in [0.2, 0.25) is 0 Å². The molecule has 6 N–H and O–H groups in total. The van der Waals surface area contributed by atoms with E-state index in [0.717, 1.165) is 38.5 Å². The Morgan fingerprint density at radius 2 is 0.470 bits per heavy atom. The van der Waals surface area contributed by atoms with E-state index in [9.17, 15) is 14.4 Å². The van der Waals surface area contributed by atoms with Gasteiger partial charge < -0.3 is 30.6 Å². The highest BCUT2D eigenvalue weighted by atomic mass is 16.4. The first-order valence-corrected chi connectivity index (χ1v) is 27.6. The van der Waals surface area contributed by atoms with Gasteiger partial charge in [-0.2, -0.15) is 0 Å². The SMILES string of the molecule is CCCCCCCCC=CCCCCCCCC(=O)O.CCCCCCCCC=CCCCCCCCC(=O)O.CCCCCCCCC=CCCCCCCCC(=O)O.OCC(O)CO. The summed E-state index contributed by atoms with van der Waals surface area (Å²) in [6.45, 7) is 6.05. The molecule has 0 radical (unpaired) electrons. The van der Waals surface area contributed by atoms with E-state index >= 15 is 0 Å². The first-order valence-electron chi connectivity index (χ1n) is 27.6. The molecule has 0 spiro atoms. The summed E-state index contributed by atoms with van der Waals surface area (Å²) in [7, 11) is 0. The molecular formula is C57H110O9. The zero-order chi connectivity index (χ0) is 49.7. The van der Waals surface area contributed by atoms with Gasteiger partial charge in [-0.25, -0.2) is 0 Å². The Hall–Kier alpha value is -2.49. The Kier molecular flexibility index (Phi) is 70.9. The third-order valence-electron chi connectivity index (χ3n) is 11.4. The Morgan fingerprint density at radius 3 is 0.621 bits per heavy atom. The van der Waals surface area contributed by atoms with Gasteiger partial charge in [-0.3, -0.25) is 14.4 Å². The van der Waals surface area contributed by atoms with Crippen LogP contribution in [0.3, 0.4) is 0 Å². The molecule has 9 nitrogen and oxygen atoms in total. The monoisotopic (exact) mass is 939 g/mol. The Bertz CT molecular complexity index is 903. The van der Waals surface area contributed by atoms with Crippen LogP contribution in [0.2, 0.25) is 0 Å². The highest BCUT2D eigenvalue weighted by molar-refractivity contribution is 5.67. The molecule has 0 aliphatic carbocycles. The van der Waals surface area contributed by atoms with Crippen molar-refractivity contribution >= 4 is 17.9 Å². The molecule has 0 amide bonds. The van der Waals surface area contributed by atoms with Crippen LogP contribution in [0, 0.1) is 0 Å². The van der Waals surface area contributed by atoms with Crippen LogP contribution in [-0.4, -0.2) is 67.9 Å². The molecule has 0 aromatic carbocycles. The lowest BCUT2D eigenvalue weighted by atomic mass is 10.1. The largest absolute Gasteiger partial charge is 0.481 e. The molecule has 0 aliphatic rings. The highest BCUT2D eigenvalue weighted by Gasteiger charge is 1.99. The Balaban J connectivity index is -0.000000410. The molecule has 0 aromatic rings. The minimum Gasteiger partial charge on any atom is -0.481 e. The standard InChI is InChI=1S/3C18H34O2.C3H8O3/c3*1-2-3-4-5-6-7-8-9-10-11-12-13-14-15-16-17-18(19)20;4-1-3(6)2-5/h3*9-10H,2-8,11-17H2,1H3,(H,19,20);3-6H,1-2H2. The molecule has 9 heteroatoms. The molecular weight excluding hydrogens is 829 g/mol. The van der Waals surface area contributed by atoms with Gasteiger partial charge in [-0.1, -0.05) is 211 Å². The summed E-state index contributed by atoms with van der Waals surface area (Å²) in [5.74, 6) is -1.99. The second kappa shape index (κ2) is 66.8. The lowest BCUT2D eigenvalue weighted by molar-refractivity contribution is -0.138. The Labute approximate surface area is 407 Å². The first kappa shape index (κ1) is 70.1. The molecule has 0 saturated heterocycles. The van der Waals surface area contributed by atoms with Gasteiger partial charge in [0.15, 0.2) is 0 Å². The minimum atomic E-state index is -0.954. The average Bonchev–Trinajstić information content (AvgIpc) is 3.30. The molecule has 0 saturated carbocycles. The van der Waals surface area contributed by atoms with Crippen LogP contribution >= 0.6 is 0 Å². The summed E-state index contributed by atoms with van der Waals surface area (Å²) >= 11 is 0. The number of hydrogen-bond donors (Lipinski definition) is 6. The van der Waals surface area contributed by atoms with Gasteiger partial charge in [-0.05, 0) is 96.3 Å². The second-order valence-corrected chi connectivity index (χ2v) is 18.2. The maximum atomic E-state index is 10.3. The number of carbonyl (C=O) groups is 3. The normalized spacial score (nSPS) is 11.1. The number of allylic oxidation sites excluding steroid dienone is 6. The third-order valence-corrected chi connectivity index (χ3v) is 11.4. The van der Waals surface area contributed by atoms with Crippen LogP contribution in [0.25, 0.3) is 0 Å². The van der Waals surface area contributed by atoms with Crippen molar-refractivity contribution in [3.8, 4) is 0 Å². The number of aliphatic carboxylic acids is 3. The lowest BCUT2D eigenvalue weighted by Gasteiger charge is -1.99. The maximum Gasteiger partial charge on any atom is 0.303 e. The van der Waals surface area contributed by atoms with Crippen molar-refractivity contribution in [3.63, 3.8) is 0 Å². The third kappa shape index (κ3) is 81.7. The van der Waals surface area contributed by atoms with E-state index in [2.05, 4.69) is 57.2 Å². The average molecular weight is 939 g/mol. The smallest absolute Gasteiger partial charge is 0.303 e. The molecule has 0 heterocycles. The number of rotatable bonds is 47. The van der Waals surface area contributed by atoms with Gasteiger partial charge >= 0.3 is 17.9 Å². The van der Waals surface area contributed by atoms with Crippen LogP contribution in [0.15, 0.2) is 36.5 Å². The summed E-state index contributed by atoms with van der Waals surface area (Å²) in [5, 5.41) is 49.5. The predicted octanol–water partition coefficient (Wildman–Crippen LogP) is 16.7. The first-order chi connectivity index (χ1) is 32.1. The Morgan fingerprint density at radius 1 is 0.303 bits per heavy atom. The highest BCUT2D eigenvalue weighted by Crippen LogP contribution is 2.13. The number of unbranched alkanes of at least 4 members (excludes halogenated alkanes) is 33. The van der Waals surface area contributed by atoms with Gasteiger partial charge in [0.1, 0.15) is 6.10 Å². The summed E-state index contributed by atoms with van der Waals surface area (Å²) in [4.78, 5) is 31.0. The number of hydrogen-bond acceptors (Lipinski definition) is 6. The van der Waals surface area contributed by atoms with E-state index in [1.165, 1.54) is 212 Å². The van der Waals surface area contributed by atoms with Gasteiger partial charge in [0.25, 0.3) is 0 Å². The van der Waals surface area contributed by atoms with Gasteiger partial charge in [0.05, 0.1) is 13.2 Å². The fourth-order valence-corrected chi connectivity index (χ4v) is 7.10. The van der Waals surface area contributed by atoms with Crippen LogP contribution in [-0.2, 0) is 14.4 Å². The van der Waals surface area contributed by atoms with E-state index < -0.39 is 24.0 Å². The van der Waals surface area contributed by atoms with Gasteiger partial charge in [-0.15, -0.1) is 0 Å². The summed E-state index contributed by atoms with van der Waals surface area (Å²) in [6, 6.07) is 0. The molecule has 0 fully saturated rings. The molecule has 0 rings (SSSR count). The van der Waals surface area contributed by atoms with Crippen LogP contribution < -0.4 is 0 Å². The molecule has 0 aliphatic heterocycles. The molecule has 392 valence electrons. The van der Waals surface area contributed by atoms with Crippen molar-refractivity contribution in [3.05, 3.63) is 36.5 Å². The number of aliphatic hydroxyl groups is 3. The molecule has 0 atom stereocenters. The van der Waals surface area contributed by atoms with E-state index in [1.54, 1.807) is 0 Å². The van der Waals surface area contributed by atoms with Crippen molar-refractivity contribution in [1.82, 2.24) is 0 Å². The van der Waals surface area contributed by atoms with Crippen LogP contribution in [0.1, 0.15) is 290 Å². The number of carboxylic acids is 3. The lowest BCUT2D eigenvalue weighted by Crippen LogP contribution is -2.15. The predicted molar refractivity (Wildman–Crippen MR) is 281 cm³/mol. The van der Waals surface area contributed by atoms with Crippen molar-refractivity contribution in [2.45, 2.75) is 297 Å². The van der Waals surface area contributed by atoms with E-state index in [4.69, 9.17) is 30.6 Å². The fraction of sp³-hybridized carbons (Fsp3) is 0.842. The molecule has 0 bridgehead atoms. The van der Waals surface area contributed by atoms with Crippen LogP contribution in [0.5, 0.6) is 0 Å². The summed E-state index contributed by atoms with van der Waals surface area (Å²) < 4.78 is 0. The zero-order valence-electron chi connectivity index (χ0n) is 43.6. The summed E-state index contributed by atoms with van der Waals surface area (Å²) in [5.41, 5.74) is 0. The van der Waals surface area contributed by atoms with Gasteiger partial charge in [0, 0.05) is 19.3 Å². The topological polar surface area (TPSA) is 173 Å². The zero-order valence-corrected chi connectivity index (χ0v) is 43.6. The molecule has 0 unspecified atom stereocenters. The van der Waals surface area contributed by atoms with E-state index in [-0.39, 0.29) is 13.2 Å². The fourth-order valence-electron chi connectivity index (χ4n) is 7.10. The van der Waals surface area contributed by atoms with E-state index in [1.807, 2.05) is 0 Å². The maximum absolute atomic E-state index is 10.3. The summed E-state index contributed by atoms with van der Waals surface area (Å²) in [6.07, 6.45) is 62.8. The van der Waals surface area contributed by atoms with Crippen molar-refractivity contribution in [2.75, 3.05) is 13.2 Å². The van der Waals surface area contributed by atoms with Crippen molar-refractivity contribution < 1.29 is 45.0 Å². The quantitative estimate of drug-likeness (QED) is 0.0256. The minimum absolute atomic E-state index is 0.332. The number of carboxylic acid groups (broad SMARTS) is 3. The molecule has 0 aromatic heterocycles. The van der Waals surface area contributed by atoms with E-state index in [0.29, 0.717) is 19.3 Å². The van der Waals surface area contributed by atoms with Crippen LogP contribution in [0.4, 0.5) is 0 Å². The van der Waals surface area contributed by atoms with Crippen molar-refractivity contribution in [1.29, 1.82) is 0 Å². The number of aliphatic hydroxyl groups excluding tert-OH is 3. The van der Waals surface area contributed by atoms with Crippen molar-refractivity contribution in [2.24, 2.45) is 0 Å².